The van der Waals surface area contributed by atoms with Crippen LogP contribution in [0.15, 0.2) is 50.6 Å². The maximum Gasteiger partial charge on any atom is 0.286 e. The Labute approximate surface area is 198 Å². The van der Waals surface area contributed by atoms with Gasteiger partial charge in [0.2, 0.25) is 10.0 Å². The zero-order valence-corrected chi connectivity index (χ0v) is 20.9. The fourth-order valence-electron chi connectivity index (χ4n) is 3.91. The molecule has 3 heterocycles. The van der Waals surface area contributed by atoms with Crippen molar-refractivity contribution in [1.82, 2.24) is 10.0 Å². The smallest absolute Gasteiger partial charge is 0.286 e. The minimum Gasteiger partial charge on any atom is -0.505 e. The number of aliphatic hydroxyl groups is 1. The third-order valence-corrected chi connectivity index (χ3v) is 7.44. The van der Waals surface area contributed by atoms with Crippen molar-refractivity contribution in [2.24, 2.45) is 9.81 Å². The third-order valence-electron chi connectivity index (χ3n) is 5.51. The summed E-state index contributed by atoms with van der Waals surface area (Å²) in [5, 5.41) is 17.0. The molecule has 3 aliphatic rings. The van der Waals surface area contributed by atoms with Gasteiger partial charge in [-0.2, -0.15) is 8.42 Å². The van der Waals surface area contributed by atoms with Gasteiger partial charge in [0.25, 0.3) is 15.9 Å². The van der Waals surface area contributed by atoms with Crippen LogP contribution in [0, 0.1) is 5.41 Å². The molecule has 0 aromatic heterocycles. The molecule has 0 aliphatic carbocycles. The molecule has 0 atom stereocenters. The molecule has 0 saturated heterocycles. The highest BCUT2D eigenvalue weighted by Crippen LogP contribution is 2.36. The largest absolute Gasteiger partial charge is 0.505 e. The Hall–Kier alpha value is -3.06. The van der Waals surface area contributed by atoms with E-state index >= 15 is 0 Å². The minimum atomic E-state index is -4.30. The number of hydrogen-bond acceptors (Lipinski definition) is 8. The number of amides is 1. The number of hydrogen-bond donors (Lipinski definition) is 3. The molecule has 3 N–H and O–H groups in total. The van der Waals surface area contributed by atoms with Gasteiger partial charge in [0, 0.05) is 18.8 Å². The summed E-state index contributed by atoms with van der Waals surface area (Å²) in [5.74, 6) is -1.18. The number of nitrogens with one attached hydrogen (secondary N) is 2. The Balaban J connectivity index is 1.74. The van der Waals surface area contributed by atoms with Gasteiger partial charge in [-0.15, -0.1) is 4.40 Å². The molecule has 3 aliphatic heterocycles. The number of hydrazine groups is 1. The summed E-state index contributed by atoms with van der Waals surface area (Å²) < 4.78 is 54.9. The monoisotopic (exact) mass is 509 g/mol. The molecule has 1 amide bonds. The molecule has 0 spiro atoms. The molecule has 34 heavy (non-hydrogen) atoms. The number of nitrogens with zero attached hydrogens (tertiary/aromatic N) is 3. The quantitative estimate of drug-likeness (QED) is 0.547. The number of aliphatic hydroxyl groups excluding tert-OH is 1. The van der Waals surface area contributed by atoms with Crippen molar-refractivity contribution in [1.29, 1.82) is 0 Å². The standard InChI is InChI=1S/C21H27N5O6S2/c1-21(2,3)9-11-26-20(28)17(18(27)15-6-5-10-25(15)26)19-22-14-8-7-13(23-33(4,29)30)12-16(14)34(31,32)24-19/h6-8,12,23,27H,5,9-11H2,1-4H3,(H,22,24). The van der Waals surface area contributed by atoms with Crippen molar-refractivity contribution in [3.8, 4) is 0 Å². The number of carbonyl (C=O) groups is 1. The minimum absolute atomic E-state index is 0.0478. The van der Waals surface area contributed by atoms with E-state index in [4.69, 9.17) is 0 Å². The second-order valence-corrected chi connectivity index (χ2v) is 12.9. The van der Waals surface area contributed by atoms with Crippen molar-refractivity contribution in [3.63, 3.8) is 0 Å². The maximum absolute atomic E-state index is 13.5. The molecule has 1 aromatic rings. The van der Waals surface area contributed by atoms with Crippen molar-refractivity contribution < 1.29 is 26.7 Å². The molecule has 184 valence electrons. The fraction of sp³-hybridized carbons (Fsp3) is 0.429. The Morgan fingerprint density at radius 2 is 1.97 bits per heavy atom. The van der Waals surface area contributed by atoms with E-state index in [0.29, 0.717) is 31.6 Å². The SMILES string of the molecule is CC(C)(C)CCN1C(=O)C(C2=NS(=O)(=O)c3cc(NS(C)(=O)=O)ccc3N2)=C(O)C2=CCCN21. The van der Waals surface area contributed by atoms with Gasteiger partial charge in [-0.3, -0.25) is 14.5 Å². The highest BCUT2D eigenvalue weighted by Gasteiger charge is 2.42. The Morgan fingerprint density at radius 1 is 1.26 bits per heavy atom. The lowest BCUT2D eigenvalue weighted by Gasteiger charge is -2.40. The second-order valence-electron chi connectivity index (χ2n) is 9.59. The molecule has 0 radical (unpaired) electrons. The number of benzene rings is 1. The van der Waals surface area contributed by atoms with Gasteiger partial charge >= 0.3 is 0 Å². The Morgan fingerprint density at radius 3 is 2.62 bits per heavy atom. The Bertz CT molecular complexity index is 1370. The molecule has 0 unspecified atom stereocenters. The van der Waals surface area contributed by atoms with Crippen LogP contribution in [0.4, 0.5) is 11.4 Å². The van der Waals surface area contributed by atoms with Crippen LogP contribution in [0.25, 0.3) is 0 Å². The zero-order valence-electron chi connectivity index (χ0n) is 19.3. The van der Waals surface area contributed by atoms with Gasteiger partial charge in [-0.05, 0) is 36.5 Å². The highest BCUT2D eigenvalue weighted by molar-refractivity contribution is 7.92. The lowest BCUT2D eigenvalue weighted by molar-refractivity contribution is -0.142. The summed E-state index contributed by atoms with van der Waals surface area (Å²) in [6.07, 6.45) is 4.06. The summed E-state index contributed by atoms with van der Waals surface area (Å²) in [6, 6.07) is 3.91. The van der Waals surface area contributed by atoms with E-state index in [0.717, 1.165) is 12.3 Å². The first-order valence-electron chi connectivity index (χ1n) is 10.6. The molecule has 1 aromatic carbocycles. The first kappa shape index (κ1) is 24.1. The van der Waals surface area contributed by atoms with Crippen LogP contribution >= 0.6 is 0 Å². The summed E-state index contributed by atoms with van der Waals surface area (Å²) in [5.41, 5.74) is 0.325. The van der Waals surface area contributed by atoms with E-state index in [1.807, 2.05) is 0 Å². The van der Waals surface area contributed by atoms with Gasteiger partial charge in [-0.1, -0.05) is 26.8 Å². The van der Waals surface area contributed by atoms with E-state index in [1.165, 1.54) is 17.1 Å². The van der Waals surface area contributed by atoms with Crippen molar-refractivity contribution in [2.45, 2.75) is 38.5 Å². The third kappa shape index (κ3) is 4.62. The summed E-state index contributed by atoms with van der Waals surface area (Å²) in [4.78, 5) is 13.2. The van der Waals surface area contributed by atoms with Crippen LogP contribution in [0.3, 0.4) is 0 Å². The van der Waals surface area contributed by atoms with Gasteiger partial charge < -0.3 is 10.4 Å². The van der Waals surface area contributed by atoms with Crippen LogP contribution in [0.1, 0.15) is 33.6 Å². The van der Waals surface area contributed by atoms with Crippen LogP contribution in [-0.4, -0.2) is 63.0 Å². The number of anilines is 2. The molecule has 0 fully saturated rings. The molecule has 0 saturated carbocycles. The van der Waals surface area contributed by atoms with Gasteiger partial charge in [0.05, 0.1) is 17.6 Å². The fourth-order valence-corrected chi connectivity index (χ4v) is 5.61. The van der Waals surface area contributed by atoms with Crippen LogP contribution < -0.4 is 10.0 Å². The molecule has 0 bridgehead atoms. The lowest BCUT2D eigenvalue weighted by Crippen LogP contribution is -2.52. The van der Waals surface area contributed by atoms with E-state index in [1.54, 1.807) is 11.1 Å². The zero-order chi connectivity index (χ0) is 25.1. The van der Waals surface area contributed by atoms with Crippen molar-refractivity contribution in [3.05, 3.63) is 41.3 Å². The van der Waals surface area contributed by atoms with Crippen LogP contribution in [0.2, 0.25) is 0 Å². The first-order chi connectivity index (χ1) is 15.7. The topological polar surface area (TPSA) is 148 Å². The van der Waals surface area contributed by atoms with E-state index in [2.05, 4.69) is 35.2 Å². The average molecular weight is 510 g/mol. The number of amidine groups is 1. The van der Waals surface area contributed by atoms with Crippen LogP contribution in [-0.2, 0) is 24.8 Å². The molecule has 13 heteroatoms. The summed E-state index contributed by atoms with van der Waals surface area (Å²) in [6.45, 7) is 7.08. The number of rotatable bonds is 5. The Kier molecular flexibility index (Phi) is 5.67. The van der Waals surface area contributed by atoms with E-state index < -0.39 is 26.0 Å². The molecule has 4 rings (SSSR count). The number of fused-ring (bicyclic) bond motifs is 2. The van der Waals surface area contributed by atoms with Crippen LogP contribution in [0.5, 0.6) is 0 Å². The van der Waals surface area contributed by atoms with Gasteiger partial charge in [0.15, 0.2) is 11.6 Å². The van der Waals surface area contributed by atoms with Gasteiger partial charge in [0.1, 0.15) is 10.5 Å². The number of carbonyl (C=O) groups excluding carboxylic acids is 1. The molecular weight excluding hydrogens is 482 g/mol. The maximum atomic E-state index is 13.5. The highest BCUT2D eigenvalue weighted by atomic mass is 32.2. The second kappa shape index (κ2) is 8.01. The lowest BCUT2D eigenvalue weighted by atomic mass is 9.92. The molecular formula is C21H27N5O6S2. The number of sulfonamides is 2. The normalized spacial score (nSPS) is 19.8. The molecule has 11 nitrogen and oxygen atoms in total. The predicted octanol–water partition coefficient (Wildman–Crippen LogP) is 2.17. The van der Waals surface area contributed by atoms with E-state index in [-0.39, 0.29) is 38.9 Å². The average Bonchev–Trinajstić information content (AvgIpc) is 3.16. The van der Waals surface area contributed by atoms with E-state index in [9.17, 15) is 26.7 Å². The van der Waals surface area contributed by atoms with Gasteiger partial charge in [-0.25, -0.2) is 13.4 Å². The predicted molar refractivity (Wildman–Crippen MR) is 128 cm³/mol. The summed E-state index contributed by atoms with van der Waals surface area (Å²) >= 11 is 0. The summed E-state index contributed by atoms with van der Waals surface area (Å²) in [7, 11) is -7.92. The van der Waals surface area contributed by atoms with Crippen molar-refractivity contribution >= 4 is 43.2 Å². The first-order valence-corrected chi connectivity index (χ1v) is 14.0. The van der Waals surface area contributed by atoms with Crippen molar-refractivity contribution in [2.75, 3.05) is 29.4 Å².